The average molecular weight is 302 g/mol. The molecule has 1 aliphatic rings. The van der Waals surface area contributed by atoms with Gasteiger partial charge in [0.2, 0.25) is 5.91 Å². The molecule has 1 aliphatic carbocycles. The van der Waals surface area contributed by atoms with Crippen molar-refractivity contribution in [2.24, 2.45) is 23.2 Å². The molecule has 1 unspecified atom stereocenters. The largest absolute Gasteiger partial charge is 0.354 e. The molecule has 0 aromatic carbocycles. The van der Waals surface area contributed by atoms with E-state index in [4.69, 9.17) is 11.6 Å². The Morgan fingerprint density at radius 3 is 2.20 bits per heavy atom. The van der Waals surface area contributed by atoms with Crippen molar-refractivity contribution in [1.29, 1.82) is 0 Å². The minimum atomic E-state index is 0.0601. The molecule has 3 heteroatoms. The second-order valence-corrected chi connectivity index (χ2v) is 8.50. The van der Waals surface area contributed by atoms with Crippen molar-refractivity contribution in [2.45, 2.75) is 72.1 Å². The molecule has 1 amide bonds. The maximum Gasteiger partial charge on any atom is 0.223 e. The van der Waals surface area contributed by atoms with Gasteiger partial charge >= 0.3 is 0 Å². The molecule has 0 aromatic rings. The van der Waals surface area contributed by atoms with Crippen LogP contribution in [-0.4, -0.2) is 17.8 Å². The lowest BCUT2D eigenvalue weighted by Crippen LogP contribution is -2.38. The SMILES string of the molecule is CC(C)CC(Cl)CNC(=O)C1CCC(C(C)(C)C)CC1. The lowest BCUT2D eigenvalue weighted by molar-refractivity contribution is -0.126. The molecule has 0 radical (unpaired) electrons. The van der Waals surface area contributed by atoms with Gasteiger partial charge in [0, 0.05) is 12.5 Å². The van der Waals surface area contributed by atoms with Crippen LogP contribution in [0.3, 0.4) is 0 Å². The van der Waals surface area contributed by atoms with Gasteiger partial charge in [-0.2, -0.15) is 0 Å². The zero-order valence-electron chi connectivity index (χ0n) is 13.8. The van der Waals surface area contributed by atoms with Crippen molar-refractivity contribution in [3.8, 4) is 0 Å². The van der Waals surface area contributed by atoms with Crippen molar-refractivity contribution in [2.75, 3.05) is 6.54 Å². The molecule has 2 nitrogen and oxygen atoms in total. The minimum Gasteiger partial charge on any atom is -0.354 e. The van der Waals surface area contributed by atoms with E-state index in [1.165, 1.54) is 12.8 Å². The molecule has 0 aliphatic heterocycles. The van der Waals surface area contributed by atoms with Gasteiger partial charge < -0.3 is 5.32 Å². The Morgan fingerprint density at radius 1 is 1.20 bits per heavy atom. The van der Waals surface area contributed by atoms with E-state index in [2.05, 4.69) is 39.9 Å². The predicted molar refractivity (Wildman–Crippen MR) is 87.0 cm³/mol. The summed E-state index contributed by atoms with van der Waals surface area (Å²) in [5.74, 6) is 1.76. The summed E-state index contributed by atoms with van der Waals surface area (Å²) >= 11 is 6.23. The summed E-state index contributed by atoms with van der Waals surface area (Å²) in [7, 11) is 0. The number of hydrogen-bond acceptors (Lipinski definition) is 1. The number of halogens is 1. The number of alkyl halides is 1. The second-order valence-electron chi connectivity index (χ2n) is 7.89. The summed E-state index contributed by atoms with van der Waals surface area (Å²) in [5, 5.41) is 3.10. The molecule has 0 saturated heterocycles. The molecule has 1 saturated carbocycles. The van der Waals surface area contributed by atoms with E-state index in [0.29, 0.717) is 17.9 Å². The quantitative estimate of drug-likeness (QED) is 0.738. The number of nitrogens with one attached hydrogen (secondary N) is 1. The van der Waals surface area contributed by atoms with Crippen LogP contribution in [0.4, 0.5) is 0 Å². The van der Waals surface area contributed by atoms with Crippen LogP contribution < -0.4 is 5.32 Å². The van der Waals surface area contributed by atoms with Gasteiger partial charge in [0.15, 0.2) is 0 Å². The standard InChI is InChI=1S/C17H32ClNO/c1-12(2)10-15(18)11-19-16(20)13-6-8-14(9-7-13)17(3,4)5/h12-15H,6-11H2,1-5H3,(H,19,20). The van der Waals surface area contributed by atoms with Crippen LogP contribution >= 0.6 is 11.6 Å². The number of carbonyl (C=O) groups is 1. The van der Waals surface area contributed by atoms with Gasteiger partial charge in [0.1, 0.15) is 0 Å². The Bertz CT molecular complexity index is 301. The molecular weight excluding hydrogens is 270 g/mol. The molecule has 0 bridgehead atoms. The van der Waals surface area contributed by atoms with Gasteiger partial charge in [-0.3, -0.25) is 4.79 Å². The Hall–Kier alpha value is -0.240. The highest BCUT2D eigenvalue weighted by Gasteiger charge is 2.32. The molecular formula is C17H32ClNO. The van der Waals surface area contributed by atoms with E-state index >= 15 is 0 Å². The minimum absolute atomic E-state index is 0.0601. The second kappa shape index (κ2) is 7.68. The number of rotatable bonds is 5. The Morgan fingerprint density at radius 2 is 1.75 bits per heavy atom. The maximum atomic E-state index is 12.2. The van der Waals surface area contributed by atoms with Crippen LogP contribution in [0.1, 0.15) is 66.7 Å². The molecule has 20 heavy (non-hydrogen) atoms. The summed E-state index contributed by atoms with van der Waals surface area (Å²) in [4.78, 5) is 12.2. The first-order chi connectivity index (χ1) is 9.20. The fraction of sp³-hybridized carbons (Fsp3) is 0.941. The van der Waals surface area contributed by atoms with Gasteiger partial charge in [0.05, 0.1) is 5.38 Å². The van der Waals surface area contributed by atoms with Gasteiger partial charge in [-0.25, -0.2) is 0 Å². The van der Waals surface area contributed by atoms with Gasteiger partial charge in [-0.1, -0.05) is 34.6 Å². The summed E-state index contributed by atoms with van der Waals surface area (Å²) in [6.07, 6.45) is 5.38. The lowest BCUT2D eigenvalue weighted by atomic mass is 9.69. The summed E-state index contributed by atoms with van der Waals surface area (Å²) in [5.41, 5.74) is 0.375. The topological polar surface area (TPSA) is 29.1 Å². The van der Waals surface area contributed by atoms with E-state index in [9.17, 15) is 4.79 Å². The van der Waals surface area contributed by atoms with Crippen LogP contribution in [0, 0.1) is 23.2 Å². The first-order valence-electron chi connectivity index (χ1n) is 8.12. The van der Waals surface area contributed by atoms with E-state index < -0.39 is 0 Å². The van der Waals surface area contributed by atoms with Gasteiger partial charge in [-0.05, 0) is 49.4 Å². The normalized spacial score (nSPS) is 25.6. The van der Waals surface area contributed by atoms with E-state index in [0.717, 1.165) is 25.2 Å². The molecule has 1 fully saturated rings. The Kier molecular flexibility index (Phi) is 6.84. The first-order valence-corrected chi connectivity index (χ1v) is 8.55. The number of amides is 1. The molecule has 1 atom stereocenters. The summed E-state index contributed by atoms with van der Waals surface area (Å²) in [6.45, 7) is 11.8. The van der Waals surface area contributed by atoms with Crippen LogP contribution in [0.25, 0.3) is 0 Å². The fourth-order valence-corrected chi connectivity index (χ4v) is 3.61. The summed E-state index contributed by atoms with van der Waals surface area (Å²) in [6, 6.07) is 0. The van der Waals surface area contributed by atoms with E-state index in [1.807, 2.05) is 0 Å². The fourth-order valence-electron chi connectivity index (χ4n) is 3.17. The van der Waals surface area contributed by atoms with Crippen molar-refractivity contribution in [1.82, 2.24) is 5.32 Å². The van der Waals surface area contributed by atoms with Crippen LogP contribution in [0.2, 0.25) is 0 Å². The monoisotopic (exact) mass is 301 g/mol. The number of carbonyl (C=O) groups excluding carboxylic acids is 1. The highest BCUT2D eigenvalue weighted by atomic mass is 35.5. The van der Waals surface area contributed by atoms with Gasteiger partial charge in [0.25, 0.3) is 0 Å². The molecule has 0 spiro atoms. The van der Waals surface area contributed by atoms with Crippen molar-refractivity contribution >= 4 is 17.5 Å². The highest BCUT2D eigenvalue weighted by Crippen LogP contribution is 2.39. The first kappa shape index (κ1) is 17.8. The molecule has 0 aromatic heterocycles. The smallest absolute Gasteiger partial charge is 0.223 e. The maximum absolute atomic E-state index is 12.2. The van der Waals surface area contributed by atoms with E-state index in [1.54, 1.807) is 0 Å². The van der Waals surface area contributed by atoms with Crippen molar-refractivity contribution in [3.63, 3.8) is 0 Å². The third kappa shape index (κ3) is 6.03. The molecule has 118 valence electrons. The zero-order valence-corrected chi connectivity index (χ0v) is 14.6. The van der Waals surface area contributed by atoms with Gasteiger partial charge in [-0.15, -0.1) is 11.6 Å². The van der Waals surface area contributed by atoms with Crippen molar-refractivity contribution < 1.29 is 4.79 Å². The molecule has 0 heterocycles. The van der Waals surface area contributed by atoms with Crippen LogP contribution in [0.15, 0.2) is 0 Å². The third-order valence-electron chi connectivity index (χ3n) is 4.55. The van der Waals surface area contributed by atoms with Crippen LogP contribution in [-0.2, 0) is 4.79 Å². The third-order valence-corrected chi connectivity index (χ3v) is 4.88. The lowest BCUT2D eigenvalue weighted by Gasteiger charge is -2.36. The van der Waals surface area contributed by atoms with Crippen molar-refractivity contribution in [3.05, 3.63) is 0 Å². The van der Waals surface area contributed by atoms with Crippen LogP contribution in [0.5, 0.6) is 0 Å². The average Bonchev–Trinajstić information content (AvgIpc) is 2.34. The summed E-state index contributed by atoms with van der Waals surface area (Å²) < 4.78 is 0. The van der Waals surface area contributed by atoms with E-state index in [-0.39, 0.29) is 17.2 Å². The molecule has 1 N–H and O–H groups in total. The Labute approximate surface area is 130 Å². The Balaban J connectivity index is 2.29. The predicted octanol–water partition coefficient (Wildman–Crippen LogP) is 4.61. The number of hydrogen-bond donors (Lipinski definition) is 1. The zero-order chi connectivity index (χ0) is 15.3. The molecule has 1 rings (SSSR count). The highest BCUT2D eigenvalue weighted by molar-refractivity contribution is 6.20.